The summed E-state index contributed by atoms with van der Waals surface area (Å²) in [4.78, 5) is 31.1. The number of hydrogen-bond donors (Lipinski definition) is 1. The molecule has 46 heavy (non-hydrogen) atoms. The Morgan fingerprint density at radius 1 is 1.02 bits per heavy atom. The predicted molar refractivity (Wildman–Crippen MR) is 147 cm³/mol. The van der Waals surface area contributed by atoms with Gasteiger partial charge in [0.2, 0.25) is 5.62 Å². The fourth-order valence-electron chi connectivity index (χ4n) is 4.69. The second-order valence-electron chi connectivity index (χ2n) is 9.77. The number of amides is 1. The smallest absolute Gasteiger partial charge is 0.321 e. The monoisotopic (exact) mass is 675 g/mol. The van der Waals surface area contributed by atoms with Gasteiger partial charge in [-0.2, -0.15) is 31.6 Å². The number of aryl methyl sites for hydroxylation is 1. The van der Waals surface area contributed by atoms with Crippen molar-refractivity contribution in [3.05, 3.63) is 92.6 Å². The van der Waals surface area contributed by atoms with Crippen molar-refractivity contribution in [3.8, 4) is 6.07 Å². The van der Waals surface area contributed by atoms with Gasteiger partial charge in [-0.3, -0.25) is 19.0 Å². The van der Waals surface area contributed by atoms with Crippen molar-refractivity contribution < 1.29 is 49.1 Å². The van der Waals surface area contributed by atoms with E-state index in [1.807, 2.05) is 0 Å². The highest BCUT2D eigenvalue weighted by molar-refractivity contribution is 6.35. The summed E-state index contributed by atoms with van der Waals surface area (Å²) >= 11 is 6.10. The number of nitrogens with one attached hydrogen (secondary N) is 1. The van der Waals surface area contributed by atoms with Crippen molar-refractivity contribution in [2.75, 3.05) is 18.5 Å². The van der Waals surface area contributed by atoms with Crippen LogP contribution in [0.3, 0.4) is 0 Å². The molecule has 7 nitrogen and oxygen atoms in total. The maximum atomic E-state index is 14.2. The van der Waals surface area contributed by atoms with E-state index in [1.54, 1.807) is 6.07 Å². The second kappa shape index (κ2) is 12.9. The molecule has 0 spiro atoms. The maximum Gasteiger partial charge on any atom is 0.416 e. The van der Waals surface area contributed by atoms with Crippen LogP contribution in [0.15, 0.2) is 47.5 Å². The Kier molecular flexibility index (Phi) is 9.57. The van der Waals surface area contributed by atoms with Crippen LogP contribution in [0, 0.1) is 23.0 Å². The van der Waals surface area contributed by atoms with Crippen LogP contribution in [0.2, 0.25) is 5.02 Å². The van der Waals surface area contributed by atoms with Crippen molar-refractivity contribution in [1.29, 1.82) is 5.26 Å². The quantitative estimate of drug-likeness (QED) is 0.123. The molecule has 3 aromatic carbocycles. The lowest BCUT2D eigenvalue weighted by atomic mass is 9.95. The molecular formula is C29H19ClF9N5O2. The number of imidazole rings is 1. The highest BCUT2D eigenvalue weighted by Gasteiger charge is 2.34. The number of nitriles is 1. The Hall–Kier alpha value is -4.78. The largest absolute Gasteiger partial charge is 0.416 e. The van der Waals surface area contributed by atoms with Gasteiger partial charge in [0.05, 0.1) is 45.1 Å². The average molecular weight is 676 g/mol. The summed E-state index contributed by atoms with van der Waals surface area (Å²) in [6.45, 7) is -2.84. The van der Waals surface area contributed by atoms with E-state index in [0.717, 1.165) is 22.8 Å². The number of carbonyl (C=O) groups excluding carboxylic acids is 2. The van der Waals surface area contributed by atoms with Crippen molar-refractivity contribution in [3.63, 3.8) is 0 Å². The number of nitrogens with zero attached hydrogens (tertiary/aromatic N) is 4. The number of halogens is 10. The molecule has 0 bridgehead atoms. The van der Waals surface area contributed by atoms with Crippen molar-refractivity contribution in [2.45, 2.75) is 25.3 Å². The van der Waals surface area contributed by atoms with Crippen LogP contribution in [-0.4, -0.2) is 40.2 Å². The third kappa shape index (κ3) is 7.04. The van der Waals surface area contributed by atoms with Crippen LogP contribution >= 0.6 is 11.6 Å². The van der Waals surface area contributed by atoms with Gasteiger partial charge < -0.3 is 14.5 Å². The molecule has 242 valence electrons. The summed E-state index contributed by atoms with van der Waals surface area (Å²) in [6.07, 6.45) is -10.1. The number of benzene rings is 3. The topological polar surface area (TPSA) is 92.2 Å². The molecule has 0 atom stereocenters. The summed E-state index contributed by atoms with van der Waals surface area (Å²) in [6, 6.07) is 5.97. The lowest BCUT2D eigenvalue weighted by molar-refractivity contribution is -0.140. The predicted octanol–water partition coefficient (Wildman–Crippen LogP) is 7.11. The summed E-state index contributed by atoms with van der Waals surface area (Å²) in [7, 11) is 1.21. The third-order valence-corrected chi connectivity index (χ3v) is 6.91. The molecule has 0 aliphatic rings. The normalized spacial score (nSPS) is 12.4. The first-order valence-electron chi connectivity index (χ1n) is 12.9. The number of carbonyl (C=O) groups is 2. The fraction of sp³-hybridized carbons (Fsp3) is 0.241. The standard InChI is InChI=1S/C29H19ClF9N5O2/c1-43-24-19(12-40)23(25(45)18-10-16(32)3-4-20(18)30)21(42-26(46)14-7-15(29(37,38)39)9-17(33)8-14)11-22(24)44(13-28(34,35)36)27(43)41-6-2-5-31/h3-4,7-11H,2,5-6,13H2,1H3,(H,42,46). The molecule has 1 heterocycles. The molecule has 17 heteroatoms. The Morgan fingerprint density at radius 3 is 2.33 bits per heavy atom. The molecule has 0 aliphatic carbocycles. The number of anilines is 1. The first kappa shape index (κ1) is 34.1. The molecule has 0 unspecified atom stereocenters. The Morgan fingerprint density at radius 2 is 1.72 bits per heavy atom. The fourth-order valence-corrected chi connectivity index (χ4v) is 4.89. The molecule has 1 amide bonds. The Bertz CT molecular complexity index is 1970. The zero-order chi connectivity index (χ0) is 34.1. The number of fused-ring (bicyclic) bond motifs is 1. The van der Waals surface area contributed by atoms with Crippen LogP contribution in [0.5, 0.6) is 0 Å². The van der Waals surface area contributed by atoms with Crippen molar-refractivity contribution in [2.24, 2.45) is 12.0 Å². The summed E-state index contributed by atoms with van der Waals surface area (Å²) in [5, 5.41) is 12.0. The SMILES string of the molecule is Cn1c(=NCCCF)n(CC(F)(F)F)c2cc(NC(=O)c3cc(F)cc(C(F)(F)F)c3)c(C(=O)c3cc(F)ccc3Cl)c(C#N)c21. The summed E-state index contributed by atoms with van der Waals surface area (Å²) in [5.41, 5.74) is -6.21. The summed E-state index contributed by atoms with van der Waals surface area (Å²) in [5.74, 6) is -5.05. The molecule has 0 radical (unpaired) electrons. The molecule has 4 rings (SSSR count). The lowest BCUT2D eigenvalue weighted by Crippen LogP contribution is -2.30. The van der Waals surface area contributed by atoms with Crippen LogP contribution in [0.25, 0.3) is 11.0 Å². The lowest BCUT2D eigenvalue weighted by Gasteiger charge is -2.16. The van der Waals surface area contributed by atoms with Crippen LogP contribution < -0.4 is 10.9 Å². The second-order valence-corrected chi connectivity index (χ2v) is 10.2. The highest BCUT2D eigenvalue weighted by Crippen LogP contribution is 2.35. The Balaban J connectivity index is 2.09. The van der Waals surface area contributed by atoms with Crippen molar-refractivity contribution in [1.82, 2.24) is 9.13 Å². The molecule has 4 aromatic rings. The number of rotatable bonds is 8. The molecule has 0 saturated carbocycles. The number of hydrogen-bond acceptors (Lipinski definition) is 4. The van der Waals surface area contributed by atoms with E-state index < -0.39 is 93.5 Å². The average Bonchev–Trinajstić information content (AvgIpc) is 3.21. The zero-order valence-electron chi connectivity index (χ0n) is 23.3. The molecule has 1 aromatic heterocycles. The molecule has 0 aliphatic heterocycles. The van der Waals surface area contributed by atoms with E-state index in [1.165, 1.54) is 7.05 Å². The first-order valence-corrected chi connectivity index (χ1v) is 13.3. The van der Waals surface area contributed by atoms with Gasteiger partial charge in [-0.05, 0) is 48.9 Å². The number of ketones is 1. The van der Waals surface area contributed by atoms with Crippen molar-refractivity contribution >= 4 is 40.0 Å². The highest BCUT2D eigenvalue weighted by atomic mass is 35.5. The van der Waals surface area contributed by atoms with Crippen LogP contribution in [-0.2, 0) is 19.8 Å². The van der Waals surface area contributed by atoms with E-state index in [9.17, 15) is 54.4 Å². The third-order valence-electron chi connectivity index (χ3n) is 6.58. The molecular weight excluding hydrogens is 657 g/mol. The minimum absolute atomic E-state index is 0.121. The Labute approximate surface area is 258 Å². The van der Waals surface area contributed by atoms with E-state index in [0.29, 0.717) is 22.8 Å². The minimum Gasteiger partial charge on any atom is -0.321 e. The maximum absolute atomic E-state index is 14.2. The van der Waals surface area contributed by atoms with E-state index >= 15 is 0 Å². The van der Waals surface area contributed by atoms with Gasteiger partial charge in [-0.1, -0.05) is 11.6 Å². The van der Waals surface area contributed by atoms with E-state index in [-0.39, 0.29) is 29.6 Å². The first-order chi connectivity index (χ1) is 21.5. The van der Waals surface area contributed by atoms with Gasteiger partial charge in [-0.25, -0.2) is 8.78 Å². The van der Waals surface area contributed by atoms with Gasteiger partial charge in [-0.15, -0.1) is 0 Å². The summed E-state index contributed by atoms with van der Waals surface area (Å²) < 4.78 is 124. The van der Waals surface area contributed by atoms with Gasteiger partial charge in [0.1, 0.15) is 24.2 Å². The van der Waals surface area contributed by atoms with E-state index in [4.69, 9.17) is 11.6 Å². The number of aromatic nitrogens is 2. The van der Waals surface area contributed by atoms with Crippen LogP contribution in [0.4, 0.5) is 45.2 Å². The van der Waals surface area contributed by atoms with Gasteiger partial charge in [0.15, 0.2) is 5.78 Å². The minimum atomic E-state index is -5.07. The van der Waals surface area contributed by atoms with Crippen LogP contribution in [0.1, 0.15) is 43.8 Å². The number of alkyl halides is 7. The van der Waals surface area contributed by atoms with E-state index in [2.05, 4.69) is 10.3 Å². The van der Waals surface area contributed by atoms with Gasteiger partial charge in [0.25, 0.3) is 5.91 Å². The molecule has 0 fully saturated rings. The zero-order valence-corrected chi connectivity index (χ0v) is 24.0. The molecule has 0 saturated heterocycles. The van der Waals surface area contributed by atoms with Gasteiger partial charge in [0, 0.05) is 24.7 Å². The molecule has 1 N–H and O–H groups in total. The van der Waals surface area contributed by atoms with Gasteiger partial charge >= 0.3 is 12.4 Å².